The molecule has 0 saturated heterocycles. The summed E-state index contributed by atoms with van der Waals surface area (Å²) in [6, 6.07) is 22.7. The smallest absolute Gasteiger partial charge is 0.228 e. The van der Waals surface area contributed by atoms with Gasteiger partial charge in [0.1, 0.15) is 6.33 Å². The number of hydrogen-bond acceptors (Lipinski definition) is 3. The molecule has 4 aromatic rings. The number of benzene rings is 3. The van der Waals surface area contributed by atoms with Gasteiger partial charge in [-0.3, -0.25) is 9.36 Å². The molecule has 0 saturated carbocycles. The van der Waals surface area contributed by atoms with E-state index in [-0.39, 0.29) is 5.78 Å². The molecule has 0 bridgehead atoms. The fourth-order valence-corrected chi connectivity index (χ4v) is 3.18. The number of Topliss-reactive ketones (excluding diaryl/α,β-unsaturated/α-hetero) is 1. The van der Waals surface area contributed by atoms with Crippen LogP contribution in [0.1, 0.15) is 15.9 Å². The summed E-state index contributed by atoms with van der Waals surface area (Å²) in [6.07, 6.45) is 1.64. The van der Waals surface area contributed by atoms with Crippen LogP contribution in [0.4, 0.5) is 5.69 Å². The molecule has 0 amide bonds. The third-order valence-corrected chi connectivity index (χ3v) is 4.74. The zero-order chi connectivity index (χ0) is 18.8. The van der Waals surface area contributed by atoms with Crippen LogP contribution in [0.5, 0.6) is 0 Å². The van der Waals surface area contributed by atoms with Gasteiger partial charge in [0.2, 0.25) is 5.78 Å². The molecule has 1 aromatic heterocycles. The van der Waals surface area contributed by atoms with Gasteiger partial charge >= 0.3 is 0 Å². The second-order valence-electron chi connectivity index (χ2n) is 6.21. The highest BCUT2D eigenvalue weighted by Crippen LogP contribution is 2.21. The number of aromatic nitrogens is 2. The molecule has 0 aliphatic heterocycles. The number of ketones is 1. The Morgan fingerprint density at radius 1 is 1.00 bits per heavy atom. The van der Waals surface area contributed by atoms with Gasteiger partial charge in [-0.1, -0.05) is 64.0 Å². The number of halogens is 1. The Kier molecular flexibility index (Phi) is 4.69. The van der Waals surface area contributed by atoms with Crippen LogP contribution in [0.3, 0.4) is 0 Å². The highest BCUT2D eigenvalue weighted by molar-refractivity contribution is 9.10. The van der Waals surface area contributed by atoms with Crippen molar-refractivity contribution in [3.05, 3.63) is 94.7 Å². The first kappa shape index (κ1) is 17.4. The maximum absolute atomic E-state index is 13.2. The quantitative estimate of drug-likeness (QED) is 0.248. The van der Waals surface area contributed by atoms with E-state index in [4.69, 9.17) is 0 Å². The predicted molar refractivity (Wildman–Crippen MR) is 112 cm³/mol. The number of hydrogen-bond donors (Lipinski definition) is 0. The molecular weight excluding hydrogens is 402 g/mol. The summed E-state index contributed by atoms with van der Waals surface area (Å²) < 4.78 is 2.68. The summed E-state index contributed by atoms with van der Waals surface area (Å²) >= 11 is 3.46. The van der Waals surface area contributed by atoms with E-state index >= 15 is 0 Å². The van der Waals surface area contributed by atoms with Crippen molar-refractivity contribution < 1.29 is 4.79 Å². The van der Waals surface area contributed by atoms with Crippen LogP contribution >= 0.6 is 15.9 Å². The standard InChI is InChI=1S/C22H16BrN3O/c1-15-7-10-18(11-8-15)25-22(21(27)16-5-3-2-4-6-16)26-14-24-19-13-17(23)9-12-20(19)26/h2-14H,1H3. The van der Waals surface area contributed by atoms with E-state index in [2.05, 4.69) is 25.9 Å². The van der Waals surface area contributed by atoms with E-state index in [1.807, 2.05) is 67.6 Å². The lowest BCUT2D eigenvalue weighted by atomic mass is 10.1. The highest BCUT2D eigenvalue weighted by atomic mass is 79.9. The summed E-state index contributed by atoms with van der Waals surface area (Å²) in [5.74, 6) is 0.160. The van der Waals surface area contributed by atoms with Crippen molar-refractivity contribution in [1.82, 2.24) is 9.55 Å². The number of imidazole rings is 1. The number of fused-ring (bicyclic) bond motifs is 1. The van der Waals surface area contributed by atoms with Gasteiger partial charge < -0.3 is 0 Å². The number of aliphatic imine (C=N–C) groups is 1. The van der Waals surface area contributed by atoms with Crippen molar-refractivity contribution in [2.45, 2.75) is 6.92 Å². The van der Waals surface area contributed by atoms with Crippen LogP contribution in [-0.4, -0.2) is 21.2 Å². The first-order valence-corrected chi connectivity index (χ1v) is 9.29. The summed E-state index contributed by atoms with van der Waals surface area (Å²) in [7, 11) is 0. The largest absolute Gasteiger partial charge is 0.285 e. The Labute approximate surface area is 165 Å². The van der Waals surface area contributed by atoms with Crippen molar-refractivity contribution in [2.75, 3.05) is 0 Å². The molecule has 0 unspecified atom stereocenters. The molecule has 27 heavy (non-hydrogen) atoms. The summed E-state index contributed by atoms with van der Waals surface area (Å²) in [5, 5.41) is 0. The molecule has 132 valence electrons. The fraction of sp³-hybridized carbons (Fsp3) is 0.0455. The van der Waals surface area contributed by atoms with E-state index in [1.165, 1.54) is 0 Å². The van der Waals surface area contributed by atoms with Crippen LogP contribution in [-0.2, 0) is 0 Å². The van der Waals surface area contributed by atoms with Crippen molar-refractivity contribution in [3.63, 3.8) is 0 Å². The third kappa shape index (κ3) is 3.59. The molecule has 0 radical (unpaired) electrons. The Morgan fingerprint density at radius 3 is 2.48 bits per heavy atom. The van der Waals surface area contributed by atoms with Crippen LogP contribution in [0.15, 0.2) is 88.6 Å². The summed E-state index contributed by atoms with van der Waals surface area (Å²) in [6.45, 7) is 2.02. The molecule has 0 N–H and O–H groups in total. The average molecular weight is 418 g/mol. The lowest BCUT2D eigenvalue weighted by Gasteiger charge is -2.09. The highest BCUT2D eigenvalue weighted by Gasteiger charge is 2.19. The summed E-state index contributed by atoms with van der Waals surface area (Å²) in [5.41, 5.74) is 4.07. The maximum atomic E-state index is 13.2. The fourth-order valence-electron chi connectivity index (χ4n) is 2.83. The second-order valence-corrected chi connectivity index (χ2v) is 7.13. The minimum atomic E-state index is -0.154. The number of carbonyl (C=O) groups is 1. The minimum Gasteiger partial charge on any atom is -0.285 e. The van der Waals surface area contributed by atoms with E-state index in [1.54, 1.807) is 23.0 Å². The van der Waals surface area contributed by atoms with Crippen LogP contribution in [0.2, 0.25) is 0 Å². The topological polar surface area (TPSA) is 47.2 Å². The van der Waals surface area contributed by atoms with Crippen molar-refractivity contribution in [3.8, 4) is 0 Å². The van der Waals surface area contributed by atoms with Crippen molar-refractivity contribution in [1.29, 1.82) is 0 Å². The van der Waals surface area contributed by atoms with Crippen molar-refractivity contribution >= 4 is 44.3 Å². The summed E-state index contributed by atoms with van der Waals surface area (Å²) in [4.78, 5) is 22.3. The average Bonchev–Trinajstić information content (AvgIpc) is 3.10. The first-order chi connectivity index (χ1) is 13.1. The minimum absolute atomic E-state index is 0.154. The molecule has 0 atom stereocenters. The molecular formula is C22H16BrN3O. The van der Waals surface area contributed by atoms with E-state index in [0.29, 0.717) is 11.4 Å². The Hall–Kier alpha value is -3.05. The number of aryl methyl sites for hydroxylation is 1. The molecule has 5 heteroatoms. The van der Waals surface area contributed by atoms with E-state index < -0.39 is 0 Å². The molecule has 0 aliphatic rings. The van der Waals surface area contributed by atoms with Gasteiger partial charge in [0, 0.05) is 10.0 Å². The predicted octanol–water partition coefficient (Wildman–Crippen LogP) is 5.57. The lowest BCUT2D eigenvalue weighted by molar-refractivity contribution is 0.106. The van der Waals surface area contributed by atoms with E-state index in [9.17, 15) is 4.79 Å². The van der Waals surface area contributed by atoms with Crippen LogP contribution in [0, 0.1) is 6.92 Å². The van der Waals surface area contributed by atoms with Gasteiger partial charge in [0.05, 0.1) is 16.7 Å². The van der Waals surface area contributed by atoms with E-state index in [0.717, 1.165) is 26.8 Å². The normalized spacial score (nSPS) is 11.7. The molecule has 4 nitrogen and oxygen atoms in total. The molecule has 3 aromatic carbocycles. The Morgan fingerprint density at radius 2 is 1.74 bits per heavy atom. The molecule has 0 fully saturated rings. The monoisotopic (exact) mass is 417 g/mol. The first-order valence-electron chi connectivity index (χ1n) is 8.50. The van der Waals surface area contributed by atoms with Crippen LogP contribution in [0.25, 0.3) is 11.0 Å². The zero-order valence-electron chi connectivity index (χ0n) is 14.6. The van der Waals surface area contributed by atoms with Crippen LogP contribution < -0.4 is 0 Å². The Balaban J connectivity index is 1.89. The van der Waals surface area contributed by atoms with Gasteiger partial charge in [0.15, 0.2) is 5.84 Å². The second kappa shape index (κ2) is 7.29. The van der Waals surface area contributed by atoms with Gasteiger partial charge in [0.25, 0.3) is 0 Å². The molecule has 4 rings (SSSR count). The third-order valence-electron chi connectivity index (χ3n) is 4.25. The van der Waals surface area contributed by atoms with Crippen molar-refractivity contribution in [2.24, 2.45) is 4.99 Å². The van der Waals surface area contributed by atoms with Gasteiger partial charge in [-0.05, 0) is 37.3 Å². The van der Waals surface area contributed by atoms with Gasteiger partial charge in [-0.2, -0.15) is 0 Å². The number of rotatable bonds is 3. The lowest BCUT2D eigenvalue weighted by Crippen LogP contribution is -2.22. The SMILES string of the molecule is Cc1ccc(N=C(C(=O)c2ccccc2)n2cnc3cc(Br)ccc32)cc1. The van der Waals surface area contributed by atoms with Gasteiger partial charge in [-0.25, -0.2) is 9.98 Å². The molecule has 0 spiro atoms. The Bertz CT molecular complexity index is 1150. The van der Waals surface area contributed by atoms with Gasteiger partial charge in [-0.15, -0.1) is 0 Å². The number of carbonyl (C=O) groups excluding carboxylic acids is 1. The number of nitrogens with zero attached hydrogens (tertiary/aromatic N) is 3. The zero-order valence-corrected chi connectivity index (χ0v) is 16.2. The molecule has 0 aliphatic carbocycles. The maximum Gasteiger partial charge on any atom is 0.228 e. The molecule has 1 heterocycles.